The Bertz CT molecular complexity index is 997. The SMILES string of the molecule is O=C(CCc1c(-c2ccccc2)[nH]c2cc(F)ccc12)NC1CCNC1=O. The van der Waals surface area contributed by atoms with Gasteiger partial charge in [0.05, 0.1) is 0 Å². The summed E-state index contributed by atoms with van der Waals surface area (Å²) in [5.74, 6) is -0.594. The lowest BCUT2D eigenvalue weighted by atomic mass is 10.0. The van der Waals surface area contributed by atoms with Crippen molar-refractivity contribution in [3.63, 3.8) is 0 Å². The van der Waals surface area contributed by atoms with Crippen LogP contribution in [0.5, 0.6) is 0 Å². The van der Waals surface area contributed by atoms with E-state index in [-0.39, 0.29) is 24.1 Å². The van der Waals surface area contributed by atoms with Crippen LogP contribution in [0.25, 0.3) is 22.2 Å². The molecule has 2 heterocycles. The molecular weight excluding hydrogens is 345 g/mol. The minimum atomic E-state index is -0.442. The number of hydrogen-bond acceptors (Lipinski definition) is 2. The van der Waals surface area contributed by atoms with E-state index < -0.39 is 6.04 Å². The monoisotopic (exact) mass is 365 g/mol. The molecule has 1 aliphatic heterocycles. The molecule has 3 aromatic rings. The van der Waals surface area contributed by atoms with Gasteiger partial charge in [-0.05, 0) is 42.2 Å². The molecule has 27 heavy (non-hydrogen) atoms. The maximum absolute atomic E-state index is 13.6. The zero-order chi connectivity index (χ0) is 18.8. The Kier molecular flexibility index (Phi) is 4.62. The number of nitrogens with one attached hydrogen (secondary N) is 3. The van der Waals surface area contributed by atoms with Crippen molar-refractivity contribution >= 4 is 22.7 Å². The number of aromatic amines is 1. The van der Waals surface area contributed by atoms with Gasteiger partial charge in [0.15, 0.2) is 0 Å². The average molecular weight is 365 g/mol. The number of rotatable bonds is 5. The van der Waals surface area contributed by atoms with Crippen LogP contribution in [0.3, 0.4) is 0 Å². The molecule has 0 bridgehead atoms. The number of benzene rings is 2. The zero-order valence-electron chi connectivity index (χ0n) is 14.7. The van der Waals surface area contributed by atoms with Gasteiger partial charge in [0.2, 0.25) is 11.8 Å². The lowest BCUT2D eigenvalue weighted by Gasteiger charge is -2.10. The molecule has 0 saturated carbocycles. The highest BCUT2D eigenvalue weighted by atomic mass is 19.1. The first-order valence-corrected chi connectivity index (χ1v) is 9.04. The van der Waals surface area contributed by atoms with Crippen LogP contribution in [0.15, 0.2) is 48.5 Å². The van der Waals surface area contributed by atoms with E-state index in [1.54, 1.807) is 6.07 Å². The summed E-state index contributed by atoms with van der Waals surface area (Å²) < 4.78 is 13.6. The standard InChI is InChI=1S/C21H20FN3O2/c22-14-6-7-15-16(8-9-19(26)24-17-10-11-23-21(17)27)20(25-18(15)12-14)13-4-2-1-3-5-13/h1-7,12,17,25H,8-11H2,(H,23,27)(H,24,26). The first kappa shape index (κ1) is 17.3. The molecule has 5 nitrogen and oxygen atoms in total. The van der Waals surface area contributed by atoms with Gasteiger partial charge in [0.25, 0.3) is 0 Å². The number of halogens is 1. The maximum atomic E-state index is 13.6. The van der Waals surface area contributed by atoms with Gasteiger partial charge < -0.3 is 15.6 Å². The number of fused-ring (bicyclic) bond motifs is 1. The number of amides is 2. The highest BCUT2D eigenvalue weighted by Crippen LogP contribution is 2.31. The van der Waals surface area contributed by atoms with Crippen LogP contribution in [0.1, 0.15) is 18.4 Å². The molecule has 4 rings (SSSR count). The van der Waals surface area contributed by atoms with Crippen molar-refractivity contribution in [1.82, 2.24) is 15.6 Å². The van der Waals surface area contributed by atoms with Crippen LogP contribution in [0.2, 0.25) is 0 Å². The van der Waals surface area contributed by atoms with Gasteiger partial charge in [-0.1, -0.05) is 30.3 Å². The molecule has 0 spiro atoms. The lowest BCUT2D eigenvalue weighted by molar-refractivity contribution is -0.127. The average Bonchev–Trinajstić information content (AvgIpc) is 3.23. The fourth-order valence-electron chi connectivity index (χ4n) is 3.58. The molecule has 1 unspecified atom stereocenters. The van der Waals surface area contributed by atoms with Crippen molar-refractivity contribution in [2.45, 2.75) is 25.3 Å². The Morgan fingerprint density at radius 2 is 2.00 bits per heavy atom. The van der Waals surface area contributed by atoms with Gasteiger partial charge in [-0.2, -0.15) is 0 Å². The van der Waals surface area contributed by atoms with E-state index in [1.165, 1.54) is 12.1 Å². The highest BCUT2D eigenvalue weighted by molar-refractivity contribution is 5.92. The smallest absolute Gasteiger partial charge is 0.242 e. The molecule has 138 valence electrons. The number of H-pyrrole nitrogens is 1. The summed E-state index contributed by atoms with van der Waals surface area (Å²) >= 11 is 0. The number of aromatic nitrogens is 1. The molecule has 1 fully saturated rings. The van der Waals surface area contributed by atoms with Crippen molar-refractivity contribution in [2.75, 3.05) is 6.54 Å². The molecule has 3 N–H and O–H groups in total. The summed E-state index contributed by atoms with van der Waals surface area (Å²) in [5.41, 5.74) is 3.56. The zero-order valence-corrected chi connectivity index (χ0v) is 14.7. The van der Waals surface area contributed by atoms with Gasteiger partial charge in [0, 0.05) is 29.6 Å². The summed E-state index contributed by atoms with van der Waals surface area (Å²) in [6.45, 7) is 0.593. The molecular formula is C21H20FN3O2. The Balaban J connectivity index is 1.60. The predicted molar refractivity (Wildman–Crippen MR) is 102 cm³/mol. The Hall–Kier alpha value is -3.15. The summed E-state index contributed by atoms with van der Waals surface area (Å²) in [4.78, 5) is 27.2. The van der Waals surface area contributed by atoms with E-state index in [9.17, 15) is 14.0 Å². The van der Waals surface area contributed by atoms with Gasteiger partial charge in [0.1, 0.15) is 11.9 Å². The van der Waals surface area contributed by atoms with Crippen molar-refractivity contribution in [3.05, 3.63) is 59.9 Å². The third-order valence-corrected chi connectivity index (χ3v) is 4.92. The summed E-state index contributed by atoms with van der Waals surface area (Å²) in [6, 6.07) is 14.0. The topological polar surface area (TPSA) is 74.0 Å². The molecule has 0 aliphatic carbocycles. The maximum Gasteiger partial charge on any atom is 0.242 e. The van der Waals surface area contributed by atoms with Crippen LogP contribution in [0, 0.1) is 5.82 Å². The van der Waals surface area contributed by atoms with Gasteiger partial charge in [-0.3, -0.25) is 9.59 Å². The van der Waals surface area contributed by atoms with E-state index in [1.807, 2.05) is 30.3 Å². The fraction of sp³-hybridized carbons (Fsp3) is 0.238. The predicted octanol–water partition coefficient (Wildman–Crippen LogP) is 2.91. The number of hydrogen-bond donors (Lipinski definition) is 3. The van der Waals surface area contributed by atoms with E-state index >= 15 is 0 Å². The summed E-state index contributed by atoms with van der Waals surface area (Å²) in [5, 5.41) is 6.40. The van der Waals surface area contributed by atoms with Crippen LogP contribution in [0.4, 0.5) is 4.39 Å². The molecule has 1 aliphatic rings. The molecule has 1 atom stereocenters. The van der Waals surface area contributed by atoms with Crippen molar-refractivity contribution in [3.8, 4) is 11.3 Å². The van der Waals surface area contributed by atoms with E-state index in [2.05, 4.69) is 15.6 Å². The van der Waals surface area contributed by atoms with Crippen molar-refractivity contribution in [2.24, 2.45) is 0 Å². The number of aryl methyl sites for hydroxylation is 1. The third kappa shape index (κ3) is 3.56. The molecule has 6 heteroatoms. The van der Waals surface area contributed by atoms with Gasteiger partial charge in [-0.25, -0.2) is 4.39 Å². The third-order valence-electron chi connectivity index (χ3n) is 4.92. The largest absolute Gasteiger partial charge is 0.354 e. The van der Waals surface area contributed by atoms with Gasteiger partial charge in [-0.15, -0.1) is 0 Å². The lowest BCUT2D eigenvalue weighted by Crippen LogP contribution is -2.40. The number of carbonyl (C=O) groups is 2. The van der Waals surface area contributed by atoms with Crippen LogP contribution in [-0.4, -0.2) is 29.4 Å². The second kappa shape index (κ2) is 7.23. The molecule has 1 saturated heterocycles. The molecule has 2 aromatic carbocycles. The van der Waals surface area contributed by atoms with Crippen LogP contribution in [-0.2, 0) is 16.0 Å². The van der Waals surface area contributed by atoms with E-state index in [0.717, 1.165) is 22.2 Å². The second-order valence-electron chi connectivity index (χ2n) is 6.73. The summed E-state index contributed by atoms with van der Waals surface area (Å²) in [7, 11) is 0. The first-order valence-electron chi connectivity index (χ1n) is 9.04. The van der Waals surface area contributed by atoms with Crippen molar-refractivity contribution in [1.29, 1.82) is 0 Å². The molecule has 0 radical (unpaired) electrons. The first-order chi connectivity index (χ1) is 13.1. The summed E-state index contributed by atoms with van der Waals surface area (Å²) in [6.07, 6.45) is 1.37. The number of carbonyl (C=O) groups excluding carboxylic acids is 2. The van der Waals surface area contributed by atoms with Gasteiger partial charge >= 0.3 is 0 Å². The quantitative estimate of drug-likeness (QED) is 0.650. The van der Waals surface area contributed by atoms with Crippen molar-refractivity contribution < 1.29 is 14.0 Å². The van der Waals surface area contributed by atoms with E-state index in [0.29, 0.717) is 24.9 Å². The molecule has 1 aromatic heterocycles. The Morgan fingerprint density at radius 3 is 2.74 bits per heavy atom. The minimum Gasteiger partial charge on any atom is -0.354 e. The molecule has 2 amide bonds. The van der Waals surface area contributed by atoms with Crippen LogP contribution >= 0.6 is 0 Å². The minimum absolute atomic E-state index is 0.129. The fourth-order valence-corrected chi connectivity index (χ4v) is 3.58. The van der Waals surface area contributed by atoms with Crippen LogP contribution < -0.4 is 10.6 Å². The van der Waals surface area contributed by atoms with E-state index in [4.69, 9.17) is 0 Å². The normalized spacial score (nSPS) is 16.5. The highest BCUT2D eigenvalue weighted by Gasteiger charge is 2.25. The second-order valence-corrected chi connectivity index (χ2v) is 6.73. The Labute approximate surface area is 156 Å². The Morgan fingerprint density at radius 1 is 1.19 bits per heavy atom.